The molecule has 0 unspecified atom stereocenters. The van der Waals surface area contributed by atoms with Gasteiger partial charge in [-0.2, -0.15) is 4.98 Å². The third kappa shape index (κ3) is 4.05. The number of aromatic nitrogens is 4. The van der Waals surface area contributed by atoms with E-state index in [0.717, 1.165) is 21.9 Å². The second-order valence-corrected chi connectivity index (χ2v) is 7.95. The number of pyridine rings is 2. The largest absolute Gasteiger partial charge is 0.368 e. The summed E-state index contributed by atoms with van der Waals surface area (Å²) in [6.07, 6.45) is 1.74. The standard InChI is InChI=1S/C24H23N7O3/c1-3-25-23(32)19-7-6-17-13-31(24(33)20(17)29-19)11-10-27-22-18-12-16(21-28-14(2)34-30-21)5-4-15(18)8-9-26-22/h4-9,12H,3,10-11,13H2,1-2H3,(H,25,32)(H,26,27). The van der Waals surface area contributed by atoms with Gasteiger partial charge in [0.15, 0.2) is 0 Å². The molecule has 4 heterocycles. The summed E-state index contributed by atoms with van der Waals surface area (Å²) >= 11 is 0. The van der Waals surface area contributed by atoms with Crippen LogP contribution in [0.4, 0.5) is 5.82 Å². The molecule has 1 aliphatic heterocycles. The van der Waals surface area contributed by atoms with Crippen LogP contribution in [-0.2, 0) is 6.54 Å². The molecule has 2 amide bonds. The predicted octanol–water partition coefficient (Wildman–Crippen LogP) is 2.81. The van der Waals surface area contributed by atoms with Crippen LogP contribution in [-0.4, -0.2) is 56.5 Å². The molecule has 0 radical (unpaired) electrons. The van der Waals surface area contributed by atoms with Gasteiger partial charge >= 0.3 is 0 Å². The van der Waals surface area contributed by atoms with Gasteiger partial charge in [-0.25, -0.2) is 9.97 Å². The number of hydrogen-bond donors (Lipinski definition) is 2. The van der Waals surface area contributed by atoms with Crippen molar-refractivity contribution in [1.82, 2.24) is 30.3 Å². The Bertz CT molecular complexity index is 1400. The maximum Gasteiger partial charge on any atom is 0.273 e. The van der Waals surface area contributed by atoms with Gasteiger partial charge in [0.25, 0.3) is 11.8 Å². The summed E-state index contributed by atoms with van der Waals surface area (Å²) in [4.78, 5) is 39.7. The lowest BCUT2D eigenvalue weighted by Gasteiger charge is -2.16. The summed E-state index contributed by atoms with van der Waals surface area (Å²) in [6, 6.07) is 11.3. The van der Waals surface area contributed by atoms with Crippen molar-refractivity contribution in [2.75, 3.05) is 25.0 Å². The molecule has 0 fully saturated rings. The fourth-order valence-corrected chi connectivity index (χ4v) is 3.96. The van der Waals surface area contributed by atoms with Gasteiger partial charge in [0.1, 0.15) is 17.2 Å². The van der Waals surface area contributed by atoms with Crippen molar-refractivity contribution in [3.63, 3.8) is 0 Å². The Balaban J connectivity index is 1.29. The molecule has 0 bridgehead atoms. The lowest BCUT2D eigenvalue weighted by Crippen LogP contribution is -2.30. The SMILES string of the molecule is CCNC(=O)c1ccc2c(n1)C(=O)N(CCNc1nccc3ccc(-c4noc(C)n4)cc13)C2. The number of aryl methyl sites for hydroxylation is 1. The van der Waals surface area contributed by atoms with Gasteiger partial charge in [-0.3, -0.25) is 9.59 Å². The number of fused-ring (bicyclic) bond motifs is 2. The maximum absolute atomic E-state index is 12.9. The van der Waals surface area contributed by atoms with Gasteiger partial charge in [-0.15, -0.1) is 0 Å². The molecular formula is C24H23N7O3. The number of nitrogens with zero attached hydrogens (tertiary/aromatic N) is 5. The Labute approximate surface area is 195 Å². The minimum atomic E-state index is -0.282. The zero-order valence-electron chi connectivity index (χ0n) is 18.8. The van der Waals surface area contributed by atoms with Crippen LogP contribution < -0.4 is 10.6 Å². The van der Waals surface area contributed by atoms with E-state index in [9.17, 15) is 9.59 Å². The van der Waals surface area contributed by atoms with Gasteiger partial charge in [0.05, 0.1) is 0 Å². The third-order valence-electron chi connectivity index (χ3n) is 5.63. The predicted molar refractivity (Wildman–Crippen MR) is 125 cm³/mol. The van der Waals surface area contributed by atoms with Crippen LogP contribution in [0.3, 0.4) is 0 Å². The lowest BCUT2D eigenvalue weighted by atomic mass is 10.1. The minimum Gasteiger partial charge on any atom is -0.368 e. The van der Waals surface area contributed by atoms with Crippen molar-refractivity contribution < 1.29 is 14.1 Å². The molecule has 1 aliphatic rings. The molecular weight excluding hydrogens is 434 g/mol. The van der Waals surface area contributed by atoms with E-state index >= 15 is 0 Å². The quantitative estimate of drug-likeness (QED) is 0.434. The highest BCUT2D eigenvalue weighted by molar-refractivity contribution is 5.99. The number of carbonyl (C=O) groups is 2. The van der Waals surface area contributed by atoms with Crippen LogP contribution >= 0.6 is 0 Å². The zero-order valence-corrected chi connectivity index (χ0v) is 18.8. The van der Waals surface area contributed by atoms with Gasteiger partial charge < -0.3 is 20.1 Å². The maximum atomic E-state index is 12.9. The summed E-state index contributed by atoms with van der Waals surface area (Å²) in [7, 11) is 0. The molecule has 0 aliphatic carbocycles. The normalized spacial score (nSPS) is 12.8. The van der Waals surface area contributed by atoms with E-state index in [-0.39, 0.29) is 17.5 Å². The van der Waals surface area contributed by atoms with Crippen molar-refractivity contribution in [1.29, 1.82) is 0 Å². The summed E-state index contributed by atoms with van der Waals surface area (Å²) in [5.74, 6) is 1.28. The number of benzene rings is 1. The molecule has 1 aromatic carbocycles. The molecule has 34 heavy (non-hydrogen) atoms. The first kappa shape index (κ1) is 21.5. The Morgan fingerprint density at radius 1 is 1.18 bits per heavy atom. The molecule has 172 valence electrons. The van der Waals surface area contributed by atoms with E-state index in [1.165, 1.54) is 0 Å². The second-order valence-electron chi connectivity index (χ2n) is 7.95. The molecule has 10 nitrogen and oxygen atoms in total. The zero-order chi connectivity index (χ0) is 23.7. The Morgan fingerprint density at radius 2 is 2.06 bits per heavy atom. The lowest BCUT2D eigenvalue weighted by molar-refractivity contribution is 0.0780. The smallest absolute Gasteiger partial charge is 0.273 e. The molecule has 0 saturated heterocycles. The highest BCUT2D eigenvalue weighted by Crippen LogP contribution is 2.27. The van der Waals surface area contributed by atoms with Crippen LogP contribution in [0.5, 0.6) is 0 Å². The molecule has 0 spiro atoms. The first-order valence-corrected chi connectivity index (χ1v) is 11.0. The number of nitrogens with one attached hydrogen (secondary N) is 2. The number of amides is 2. The van der Waals surface area contributed by atoms with Crippen molar-refractivity contribution in [3.8, 4) is 11.4 Å². The molecule has 0 saturated carbocycles. The van der Waals surface area contributed by atoms with Crippen LogP contribution in [0, 0.1) is 6.92 Å². The average molecular weight is 457 g/mol. The average Bonchev–Trinajstić information content (AvgIpc) is 3.42. The number of anilines is 1. The van der Waals surface area contributed by atoms with E-state index in [1.54, 1.807) is 30.2 Å². The van der Waals surface area contributed by atoms with Gasteiger partial charge in [0, 0.05) is 55.8 Å². The fourth-order valence-electron chi connectivity index (χ4n) is 3.96. The molecule has 10 heteroatoms. The van der Waals surface area contributed by atoms with E-state index in [0.29, 0.717) is 49.4 Å². The van der Waals surface area contributed by atoms with Crippen LogP contribution in [0.2, 0.25) is 0 Å². The number of rotatable bonds is 7. The third-order valence-corrected chi connectivity index (χ3v) is 5.63. The first-order chi connectivity index (χ1) is 16.5. The van der Waals surface area contributed by atoms with E-state index in [2.05, 4.69) is 30.7 Å². The monoisotopic (exact) mass is 457 g/mol. The van der Waals surface area contributed by atoms with Gasteiger partial charge in [-0.1, -0.05) is 23.4 Å². The highest BCUT2D eigenvalue weighted by Gasteiger charge is 2.29. The van der Waals surface area contributed by atoms with Crippen LogP contribution in [0.1, 0.15) is 39.4 Å². The fraction of sp³-hybridized carbons (Fsp3) is 0.250. The Morgan fingerprint density at radius 3 is 2.85 bits per heavy atom. The van der Waals surface area contributed by atoms with Crippen LogP contribution in [0.25, 0.3) is 22.2 Å². The molecule has 5 rings (SSSR count). The summed E-state index contributed by atoms with van der Waals surface area (Å²) < 4.78 is 5.10. The summed E-state index contributed by atoms with van der Waals surface area (Å²) in [5, 5.41) is 12.0. The summed E-state index contributed by atoms with van der Waals surface area (Å²) in [5.41, 5.74) is 2.24. The highest BCUT2D eigenvalue weighted by atomic mass is 16.5. The molecule has 0 atom stereocenters. The number of carbonyl (C=O) groups excluding carboxylic acids is 2. The van der Waals surface area contributed by atoms with Crippen molar-refractivity contribution >= 4 is 28.4 Å². The van der Waals surface area contributed by atoms with Crippen molar-refractivity contribution in [2.24, 2.45) is 0 Å². The first-order valence-electron chi connectivity index (χ1n) is 11.0. The summed E-state index contributed by atoms with van der Waals surface area (Å²) in [6.45, 7) is 5.52. The van der Waals surface area contributed by atoms with Crippen molar-refractivity contribution in [2.45, 2.75) is 20.4 Å². The van der Waals surface area contributed by atoms with Crippen LogP contribution in [0.15, 0.2) is 47.1 Å². The molecule has 4 aromatic rings. The van der Waals surface area contributed by atoms with Gasteiger partial charge in [0.2, 0.25) is 11.7 Å². The minimum absolute atomic E-state index is 0.177. The topological polar surface area (TPSA) is 126 Å². The molecule has 3 aromatic heterocycles. The van der Waals surface area contributed by atoms with Gasteiger partial charge in [-0.05, 0) is 30.5 Å². The Kier molecular flexibility index (Phi) is 5.62. The van der Waals surface area contributed by atoms with E-state index in [1.807, 2.05) is 31.2 Å². The number of hydrogen-bond acceptors (Lipinski definition) is 8. The second kappa shape index (κ2) is 8.89. The molecule has 2 N–H and O–H groups in total. The van der Waals surface area contributed by atoms with E-state index < -0.39 is 0 Å². The Hall–Kier alpha value is -4.34. The van der Waals surface area contributed by atoms with Crippen molar-refractivity contribution in [3.05, 3.63) is 65.4 Å². The van der Waals surface area contributed by atoms with E-state index in [4.69, 9.17) is 4.52 Å².